The van der Waals surface area contributed by atoms with E-state index in [-0.39, 0.29) is 43.3 Å². The molecule has 7 nitrogen and oxygen atoms in total. The summed E-state index contributed by atoms with van der Waals surface area (Å²) in [6, 6.07) is 7.34. The van der Waals surface area contributed by atoms with Crippen LogP contribution in [0, 0.1) is 5.92 Å². The highest BCUT2D eigenvalue weighted by molar-refractivity contribution is 5.91. The molecule has 1 aliphatic heterocycles. The smallest absolute Gasteiger partial charge is 0.305 e. The highest BCUT2D eigenvalue weighted by atomic mass is 16.5. The summed E-state index contributed by atoms with van der Waals surface area (Å²) in [6.45, 7) is 0.132. The predicted molar refractivity (Wildman–Crippen MR) is 93.6 cm³/mol. The van der Waals surface area contributed by atoms with E-state index in [2.05, 4.69) is 0 Å². The third-order valence-corrected chi connectivity index (χ3v) is 5.09. The standard InChI is InChI=1S/C19H24N2O5/c1-20(9-8-17(23)24)19(25)15-11-16(22)21(13-6-7-13)18(15)12-4-3-5-14(10-12)26-2/h3-5,10,13,15,18H,6-9,11H2,1-2H3,(H,23,24). The quantitative estimate of drug-likeness (QED) is 0.799. The molecule has 1 aromatic rings. The number of carboxylic acid groups (broad SMARTS) is 1. The van der Waals surface area contributed by atoms with E-state index in [0.717, 1.165) is 18.4 Å². The molecular formula is C19H24N2O5. The number of amides is 2. The number of hydrogen-bond acceptors (Lipinski definition) is 4. The van der Waals surface area contributed by atoms with E-state index >= 15 is 0 Å². The molecule has 1 heterocycles. The minimum absolute atomic E-state index is 0.00898. The van der Waals surface area contributed by atoms with Crippen LogP contribution in [-0.2, 0) is 14.4 Å². The van der Waals surface area contributed by atoms with E-state index in [1.807, 2.05) is 29.2 Å². The molecule has 0 bridgehead atoms. The lowest BCUT2D eigenvalue weighted by Crippen LogP contribution is -2.38. The minimum atomic E-state index is -0.948. The summed E-state index contributed by atoms with van der Waals surface area (Å²) in [5.74, 6) is -0.964. The second-order valence-corrected chi connectivity index (χ2v) is 6.97. The molecular weight excluding hydrogens is 336 g/mol. The molecule has 2 amide bonds. The highest BCUT2D eigenvalue weighted by Gasteiger charge is 2.50. The van der Waals surface area contributed by atoms with Gasteiger partial charge >= 0.3 is 5.97 Å². The lowest BCUT2D eigenvalue weighted by atomic mass is 9.92. The van der Waals surface area contributed by atoms with Gasteiger partial charge in [-0.25, -0.2) is 0 Å². The summed E-state index contributed by atoms with van der Waals surface area (Å²) in [6.07, 6.45) is 1.97. The zero-order valence-corrected chi connectivity index (χ0v) is 15.1. The summed E-state index contributed by atoms with van der Waals surface area (Å²) < 4.78 is 5.30. The Kier molecular flexibility index (Phi) is 5.15. The van der Waals surface area contributed by atoms with Gasteiger partial charge in [-0.3, -0.25) is 14.4 Å². The van der Waals surface area contributed by atoms with Crippen LogP contribution in [0.25, 0.3) is 0 Å². The van der Waals surface area contributed by atoms with Crippen molar-refractivity contribution in [2.45, 2.75) is 37.8 Å². The number of likely N-dealkylation sites (tertiary alicyclic amines) is 1. The molecule has 0 radical (unpaired) electrons. The van der Waals surface area contributed by atoms with E-state index in [9.17, 15) is 14.4 Å². The molecule has 1 saturated carbocycles. The first-order chi connectivity index (χ1) is 12.4. The van der Waals surface area contributed by atoms with Crippen molar-refractivity contribution in [2.24, 2.45) is 5.92 Å². The summed E-state index contributed by atoms with van der Waals surface area (Å²) >= 11 is 0. The minimum Gasteiger partial charge on any atom is -0.497 e. The van der Waals surface area contributed by atoms with Crippen molar-refractivity contribution < 1.29 is 24.2 Å². The maximum absolute atomic E-state index is 13.0. The molecule has 2 unspecified atom stereocenters. The SMILES string of the molecule is COc1cccc(C2C(C(=O)N(C)CCC(=O)O)CC(=O)N2C2CC2)c1. The summed E-state index contributed by atoms with van der Waals surface area (Å²) in [5.41, 5.74) is 0.882. The number of rotatable bonds is 7. The number of carbonyl (C=O) groups excluding carboxylic acids is 2. The number of aliphatic carboxylic acids is 1. The van der Waals surface area contributed by atoms with Gasteiger partial charge in [-0.2, -0.15) is 0 Å². The van der Waals surface area contributed by atoms with Gasteiger partial charge in [-0.1, -0.05) is 12.1 Å². The van der Waals surface area contributed by atoms with Gasteiger partial charge in [0, 0.05) is 26.1 Å². The zero-order valence-electron chi connectivity index (χ0n) is 15.1. The van der Waals surface area contributed by atoms with Crippen LogP contribution < -0.4 is 4.74 Å². The number of carboxylic acids is 1. The van der Waals surface area contributed by atoms with Crippen LogP contribution in [0.15, 0.2) is 24.3 Å². The number of hydrogen-bond donors (Lipinski definition) is 1. The molecule has 1 aromatic carbocycles. The zero-order chi connectivity index (χ0) is 18.8. The Balaban J connectivity index is 1.88. The van der Waals surface area contributed by atoms with E-state index in [4.69, 9.17) is 9.84 Å². The number of carbonyl (C=O) groups is 3. The van der Waals surface area contributed by atoms with Crippen LogP contribution in [0.3, 0.4) is 0 Å². The molecule has 1 saturated heterocycles. The molecule has 0 aromatic heterocycles. The first-order valence-electron chi connectivity index (χ1n) is 8.84. The summed E-state index contributed by atoms with van der Waals surface area (Å²) in [7, 11) is 3.18. The average Bonchev–Trinajstić information content (AvgIpc) is 3.41. The Hall–Kier alpha value is -2.57. The summed E-state index contributed by atoms with van der Waals surface area (Å²) in [5, 5.41) is 8.85. The Morgan fingerprint density at radius 2 is 2.08 bits per heavy atom. The monoisotopic (exact) mass is 360 g/mol. The first kappa shape index (κ1) is 18.2. The molecule has 1 aliphatic carbocycles. The Labute approximate surface area is 152 Å². The van der Waals surface area contributed by atoms with Gasteiger partial charge in [0.1, 0.15) is 5.75 Å². The normalized spacial score (nSPS) is 22.4. The lowest BCUT2D eigenvalue weighted by Gasteiger charge is -2.30. The molecule has 7 heteroatoms. The Morgan fingerprint density at radius 3 is 2.69 bits per heavy atom. The first-order valence-corrected chi connectivity index (χ1v) is 8.84. The van der Waals surface area contributed by atoms with Gasteiger partial charge in [0.05, 0.1) is 25.5 Å². The summed E-state index contributed by atoms with van der Waals surface area (Å²) in [4.78, 5) is 39.6. The molecule has 26 heavy (non-hydrogen) atoms. The average molecular weight is 360 g/mol. The van der Waals surface area contributed by atoms with Crippen molar-refractivity contribution in [1.29, 1.82) is 0 Å². The number of nitrogens with zero attached hydrogens (tertiary/aromatic N) is 2. The topological polar surface area (TPSA) is 87.1 Å². The number of ether oxygens (including phenoxy) is 1. The van der Waals surface area contributed by atoms with Crippen molar-refractivity contribution >= 4 is 17.8 Å². The molecule has 1 N–H and O–H groups in total. The fourth-order valence-electron chi connectivity index (χ4n) is 3.64. The van der Waals surface area contributed by atoms with Crippen molar-refractivity contribution in [3.8, 4) is 5.75 Å². The van der Waals surface area contributed by atoms with E-state index in [1.54, 1.807) is 14.2 Å². The largest absolute Gasteiger partial charge is 0.497 e. The Morgan fingerprint density at radius 1 is 1.35 bits per heavy atom. The fourth-order valence-corrected chi connectivity index (χ4v) is 3.64. The third-order valence-electron chi connectivity index (χ3n) is 5.09. The van der Waals surface area contributed by atoms with Crippen LogP contribution in [0.1, 0.15) is 37.3 Å². The molecule has 2 fully saturated rings. The highest BCUT2D eigenvalue weighted by Crippen LogP contribution is 2.46. The van der Waals surface area contributed by atoms with Crippen LogP contribution in [0.4, 0.5) is 0 Å². The van der Waals surface area contributed by atoms with E-state index in [0.29, 0.717) is 5.75 Å². The van der Waals surface area contributed by atoms with Gasteiger partial charge < -0.3 is 19.6 Å². The van der Waals surface area contributed by atoms with E-state index < -0.39 is 11.9 Å². The second-order valence-electron chi connectivity index (χ2n) is 6.97. The van der Waals surface area contributed by atoms with Crippen LogP contribution in [0.2, 0.25) is 0 Å². The maximum atomic E-state index is 13.0. The van der Waals surface area contributed by atoms with Crippen LogP contribution in [0.5, 0.6) is 5.75 Å². The van der Waals surface area contributed by atoms with Crippen LogP contribution >= 0.6 is 0 Å². The van der Waals surface area contributed by atoms with Gasteiger partial charge in [0.2, 0.25) is 11.8 Å². The molecule has 2 atom stereocenters. The van der Waals surface area contributed by atoms with Crippen molar-refractivity contribution in [3.05, 3.63) is 29.8 Å². The molecule has 3 rings (SSSR count). The van der Waals surface area contributed by atoms with Gasteiger partial charge in [0.15, 0.2) is 0 Å². The van der Waals surface area contributed by atoms with E-state index in [1.165, 1.54) is 4.90 Å². The lowest BCUT2D eigenvalue weighted by molar-refractivity contribution is -0.139. The molecule has 0 spiro atoms. The van der Waals surface area contributed by atoms with Crippen molar-refractivity contribution in [2.75, 3.05) is 20.7 Å². The maximum Gasteiger partial charge on any atom is 0.305 e. The van der Waals surface area contributed by atoms with Crippen molar-refractivity contribution in [3.63, 3.8) is 0 Å². The predicted octanol–water partition coefficient (Wildman–Crippen LogP) is 1.68. The third kappa shape index (κ3) is 3.66. The number of methoxy groups -OCH3 is 1. The second kappa shape index (κ2) is 7.35. The van der Waals surface area contributed by atoms with Gasteiger partial charge in [0.25, 0.3) is 0 Å². The Bertz CT molecular complexity index is 716. The van der Waals surface area contributed by atoms with Crippen LogP contribution in [-0.4, -0.2) is 59.4 Å². The van der Waals surface area contributed by atoms with Gasteiger partial charge in [-0.15, -0.1) is 0 Å². The molecule has 2 aliphatic rings. The van der Waals surface area contributed by atoms with Crippen molar-refractivity contribution in [1.82, 2.24) is 9.80 Å². The number of benzene rings is 1. The molecule has 140 valence electrons. The van der Waals surface area contributed by atoms with Gasteiger partial charge in [-0.05, 0) is 30.5 Å². The fraction of sp³-hybridized carbons (Fsp3) is 0.526.